The molecule has 7 rings (SSSR count). The lowest BCUT2D eigenvalue weighted by Gasteiger charge is -2.23. The first-order valence-corrected chi connectivity index (χ1v) is 15.4. The van der Waals surface area contributed by atoms with Crippen molar-refractivity contribution in [3.63, 3.8) is 0 Å². The van der Waals surface area contributed by atoms with Crippen LogP contribution in [0.15, 0.2) is 127 Å². The lowest BCUT2D eigenvalue weighted by atomic mass is 9.82. The molecule has 0 saturated heterocycles. The van der Waals surface area contributed by atoms with Gasteiger partial charge in [-0.1, -0.05) is 148 Å². The standard InChI is InChI=1S/C42H38/c1-42(2,3)35-22-25-40-38(23-18-29-16-20-31-10-4-6-12-33(31)26-29)36-14-8-9-15-37(36)39(41(40)28-35)24-19-30-17-21-32-11-5-7-13-34(32)27-30/h4-17,20-22,25-28H,18-19,23-24H2,1-3H3. The van der Waals surface area contributed by atoms with E-state index in [1.807, 2.05) is 0 Å². The smallest absolute Gasteiger partial charge is 0.0132 e. The Morgan fingerprint density at radius 1 is 0.381 bits per heavy atom. The second kappa shape index (κ2) is 10.8. The molecule has 0 atom stereocenters. The van der Waals surface area contributed by atoms with Gasteiger partial charge in [-0.15, -0.1) is 0 Å². The highest BCUT2D eigenvalue weighted by molar-refractivity contribution is 6.06. The molecule has 42 heavy (non-hydrogen) atoms. The van der Waals surface area contributed by atoms with Crippen molar-refractivity contribution in [2.45, 2.75) is 51.9 Å². The topological polar surface area (TPSA) is 0 Å². The van der Waals surface area contributed by atoms with Crippen LogP contribution >= 0.6 is 0 Å². The number of benzene rings is 7. The van der Waals surface area contributed by atoms with Gasteiger partial charge in [0.1, 0.15) is 0 Å². The molecule has 0 heterocycles. The predicted molar refractivity (Wildman–Crippen MR) is 183 cm³/mol. The number of fused-ring (bicyclic) bond motifs is 4. The van der Waals surface area contributed by atoms with Gasteiger partial charge in [0.15, 0.2) is 0 Å². The zero-order chi connectivity index (χ0) is 28.7. The van der Waals surface area contributed by atoms with Gasteiger partial charge in [0.2, 0.25) is 0 Å². The van der Waals surface area contributed by atoms with E-state index in [2.05, 4.69) is 148 Å². The lowest BCUT2D eigenvalue weighted by molar-refractivity contribution is 0.591. The first kappa shape index (κ1) is 26.5. The Balaban J connectivity index is 1.33. The third kappa shape index (κ3) is 5.07. The molecule has 0 aliphatic rings. The molecular formula is C42H38. The fourth-order valence-electron chi connectivity index (χ4n) is 6.69. The van der Waals surface area contributed by atoms with Crippen molar-refractivity contribution in [3.05, 3.63) is 155 Å². The summed E-state index contributed by atoms with van der Waals surface area (Å²) in [6, 6.07) is 47.7. The maximum Gasteiger partial charge on any atom is -0.0132 e. The minimum absolute atomic E-state index is 0.0979. The monoisotopic (exact) mass is 542 g/mol. The van der Waals surface area contributed by atoms with Gasteiger partial charge in [-0.05, 0) is 102 Å². The Morgan fingerprint density at radius 2 is 0.833 bits per heavy atom. The van der Waals surface area contributed by atoms with Gasteiger partial charge < -0.3 is 0 Å². The van der Waals surface area contributed by atoms with Gasteiger partial charge in [-0.25, -0.2) is 0 Å². The summed E-state index contributed by atoms with van der Waals surface area (Å²) in [6.07, 6.45) is 4.10. The highest BCUT2D eigenvalue weighted by atomic mass is 14.2. The zero-order valence-corrected chi connectivity index (χ0v) is 25.0. The highest BCUT2D eigenvalue weighted by Gasteiger charge is 2.19. The van der Waals surface area contributed by atoms with Crippen LogP contribution in [0.4, 0.5) is 0 Å². The molecule has 0 unspecified atom stereocenters. The van der Waals surface area contributed by atoms with Crippen LogP contribution in [0.3, 0.4) is 0 Å². The molecule has 0 saturated carbocycles. The van der Waals surface area contributed by atoms with Crippen molar-refractivity contribution in [2.24, 2.45) is 0 Å². The maximum absolute atomic E-state index is 2.50. The Bertz CT molecular complexity index is 2070. The largest absolute Gasteiger partial charge is 0.0616 e. The van der Waals surface area contributed by atoms with Crippen LogP contribution in [0.1, 0.15) is 48.6 Å². The van der Waals surface area contributed by atoms with E-state index in [9.17, 15) is 0 Å². The van der Waals surface area contributed by atoms with E-state index in [1.165, 1.54) is 70.9 Å². The van der Waals surface area contributed by atoms with Crippen molar-refractivity contribution < 1.29 is 0 Å². The summed E-state index contributed by atoms with van der Waals surface area (Å²) < 4.78 is 0. The van der Waals surface area contributed by atoms with E-state index in [-0.39, 0.29) is 5.41 Å². The Morgan fingerprint density at radius 3 is 1.36 bits per heavy atom. The number of aryl methyl sites for hydroxylation is 4. The van der Waals surface area contributed by atoms with Crippen LogP contribution in [0.25, 0.3) is 43.1 Å². The van der Waals surface area contributed by atoms with E-state index in [4.69, 9.17) is 0 Å². The summed E-state index contributed by atoms with van der Waals surface area (Å²) in [5.74, 6) is 0. The van der Waals surface area contributed by atoms with E-state index < -0.39 is 0 Å². The van der Waals surface area contributed by atoms with Crippen LogP contribution in [0.5, 0.6) is 0 Å². The molecule has 0 heteroatoms. The van der Waals surface area contributed by atoms with Gasteiger partial charge >= 0.3 is 0 Å². The number of rotatable bonds is 6. The Hall–Kier alpha value is -4.42. The predicted octanol–water partition coefficient (Wildman–Crippen LogP) is 11.2. The van der Waals surface area contributed by atoms with E-state index >= 15 is 0 Å². The van der Waals surface area contributed by atoms with Crippen molar-refractivity contribution in [1.82, 2.24) is 0 Å². The molecule has 206 valence electrons. The second-order valence-electron chi connectivity index (χ2n) is 12.9. The fraction of sp³-hybridized carbons (Fsp3) is 0.190. The molecule has 0 aliphatic carbocycles. The molecule has 0 nitrogen and oxygen atoms in total. The molecule has 0 N–H and O–H groups in total. The minimum atomic E-state index is 0.0979. The van der Waals surface area contributed by atoms with Gasteiger partial charge in [-0.2, -0.15) is 0 Å². The minimum Gasteiger partial charge on any atom is -0.0616 e. The maximum atomic E-state index is 2.50. The van der Waals surface area contributed by atoms with Gasteiger partial charge in [-0.3, -0.25) is 0 Å². The number of hydrogen-bond donors (Lipinski definition) is 0. The van der Waals surface area contributed by atoms with Gasteiger partial charge in [0, 0.05) is 0 Å². The van der Waals surface area contributed by atoms with Crippen molar-refractivity contribution in [3.8, 4) is 0 Å². The van der Waals surface area contributed by atoms with E-state index in [1.54, 1.807) is 0 Å². The van der Waals surface area contributed by atoms with E-state index in [0.717, 1.165) is 25.7 Å². The summed E-state index contributed by atoms with van der Waals surface area (Å²) in [5, 5.41) is 10.9. The normalized spacial score (nSPS) is 12.1. The fourth-order valence-corrected chi connectivity index (χ4v) is 6.69. The quantitative estimate of drug-likeness (QED) is 0.183. The third-order valence-electron chi connectivity index (χ3n) is 9.07. The average Bonchev–Trinajstić information content (AvgIpc) is 3.01. The van der Waals surface area contributed by atoms with Crippen molar-refractivity contribution in [2.75, 3.05) is 0 Å². The molecular weight excluding hydrogens is 504 g/mol. The molecule has 7 aromatic rings. The van der Waals surface area contributed by atoms with Crippen LogP contribution in [0.2, 0.25) is 0 Å². The molecule has 7 aromatic carbocycles. The molecule has 0 aliphatic heterocycles. The summed E-state index contributed by atoms with van der Waals surface area (Å²) in [5.41, 5.74) is 7.26. The van der Waals surface area contributed by atoms with Crippen LogP contribution < -0.4 is 0 Å². The second-order valence-corrected chi connectivity index (χ2v) is 12.9. The first-order chi connectivity index (χ1) is 20.4. The van der Waals surface area contributed by atoms with E-state index in [0.29, 0.717) is 0 Å². The molecule has 0 bridgehead atoms. The Kier molecular flexibility index (Phi) is 6.79. The highest BCUT2D eigenvalue weighted by Crippen LogP contribution is 2.37. The summed E-state index contributed by atoms with van der Waals surface area (Å²) >= 11 is 0. The van der Waals surface area contributed by atoms with Gasteiger partial charge in [0.05, 0.1) is 0 Å². The Labute approximate surface area is 249 Å². The first-order valence-electron chi connectivity index (χ1n) is 15.4. The van der Waals surface area contributed by atoms with Crippen LogP contribution in [-0.2, 0) is 31.1 Å². The van der Waals surface area contributed by atoms with Gasteiger partial charge in [0.25, 0.3) is 0 Å². The molecule has 0 amide bonds. The SMILES string of the molecule is CC(C)(C)c1ccc2c(CCc3ccc4ccccc4c3)c3ccccc3c(CCc3ccc4ccccc4c3)c2c1. The summed E-state index contributed by atoms with van der Waals surface area (Å²) in [7, 11) is 0. The summed E-state index contributed by atoms with van der Waals surface area (Å²) in [4.78, 5) is 0. The van der Waals surface area contributed by atoms with Crippen LogP contribution in [0, 0.1) is 0 Å². The molecule has 0 radical (unpaired) electrons. The molecule has 0 aromatic heterocycles. The third-order valence-corrected chi connectivity index (χ3v) is 9.07. The average molecular weight is 543 g/mol. The molecule has 0 spiro atoms. The number of hydrogen-bond acceptors (Lipinski definition) is 0. The van der Waals surface area contributed by atoms with Crippen molar-refractivity contribution in [1.29, 1.82) is 0 Å². The summed E-state index contributed by atoms with van der Waals surface area (Å²) in [6.45, 7) is 6.97. The van der Waals surface area contributed by atoms with Crippen LogP contribution in [-0.4, -0.2) is 0 Å². The van der Waals surface area contributed by atoms with Crippen molar-refractivity contribution >= 4 is 43.1 Å². The zero-order valence-electron chi connectivity index (χ0n) is 25.0. The lowest BCUT2D eigenvalue weighted by Crippen LogP contribution is -2.11. The molecule has 0 fully saturated rings.